The number of phenols is 1. The van der Waals surface area contributed by atoms with Crippen molar-refractivity contribution in [2.45, 2.75) is 38.3 Å². The quantitative estimate of drug-likeness (QED) is 0.147. The van der Waals surface area contributed by atoms with E-state index >= 15 is 0 Å². The van der Waals surface area contributed by atoms with Crippen LogP contribution in [0.5, 0.6) is 5.75 Å². The average Bonchev–Trinajstić information content (AvgIpc) is 2.86. The van der Waals surface area contributed by atoms with E-state index in [1.54, 1.807) is 36.4 Å². The van der Waals surface area contributed by atoms with Crippen LogP contribution in [0.4, 0.5) is 0 Å². The van der Waals surface area contributed by atoms with Crippen LogP contribution in [0, 0.1) is 5.41 Å². The highest BCUT2D eigenvalue weighted by atomic mass is 35.5. The molecule has 0 fully saturated rings. The van der Waals surface area contributed by atoms with Crippen molar-refractivity contribution in [2.24, 2.45) is 11.5 Å². The largest absolute Gasteiger partial charge is 0.508 e. The maximum absolute atomic E-state index is 13.9. The molecule has 8 nitrogen and oxygen atoms in total. The summed E-state index contributed by atoms with van der Waals surface area (Å²) in [5.41, 5.74) is 14.5. The average molecular weight is 522 g/mol. The molecule has 0 heterocycles. The maximum Gasteiger partial charge on any atom is 0.240 e. The van der Waals surface area contributed by atoms with E-state index in [0.717, 1.165) is 22.3 Å². The fraction of sp³-hybridized carbons (Fsp3) is 0.250. The predicted molar refractivity (Wildman–Crippen MR) is 146 cm³/mol. The van der Waals surface area contributed by atoms with Crippen LogP contribution < -0.4 is 16.8 Å². The Labute approximate surface area is 221 Å². The van der Waals surface area contributed by atoms with Crippen LogP contribution in [0.1, 0.15) is 36.9 Å². The second-order valence-electron chi connectivity index (χ2n) is 8.81. The van der Waals surface area contributed by atoms with Crippen LogP contribution in [0.15, 0.2) is 72.8 Å². The monoisotopic (exact) mass is 521 g/mol. The molecule has 0 radical (unpaired) electrons. The van der Waals surface area contributed by atoms with E-state index < -0.39 is 18.0 Å². The number of rotatable bonds is 11. The number of hydrogen-bond donors (Lipinski definition) is 5. The van der Waals surface area contributed by atoms with E-state index in [4.69, 9.17) is 28.5 Å². The van der Waals surface area contributed by atoms with Crippen LogP contribution in [0.25, 0.3) is 11.1 Å². The Kier molecular flexibility index (Phi) is 9.51. The molecule has 0 aliphatic carbocycles. The molecule has 9 heteroatoms. The smallest absolute Gasteiger partial charge is 0.240 e. The molecule has 2 amide bonds. The third-order valence-corrected chi connectivity index (χ3v) is 6.48. The van der Waals surface area contributed by atoms with Gasteiger partial charge in [0, 0.05) is 11.6 Å². The first kappa shape index (κ1) is 27.5. The molecule has 194 valence electrons. The number of primary amides is 1. The SMILES string of the molecule is C[C@H](c1ccc(O)cc1)N(C(=O)Cc1ccccc1-c1ccc(Cl)cc1)[C@H](CCCNC(=N)N)C(N)=O. The Morgan fingerprint density at radius 2 is 1.68 bits per heavy atom. The molecule has 3 aromatic carbocycles. The lowest BCUT2D eigenvalue weighted by atomic mass is 9.95. The van der Waals surface area contributed by atoms with Crippen LogP contribution in [0.3, 0.4) is 0 Å². The number of nitrogens with zero attached hydrogens (tertiary/aromatic N) is 1. The summed E-state index contributed by atoms with van der Waals surface area (Å²) in [6.45, 7) is 2.20. The number of amides is 2. The van der Waals surface area contributed by atoms with E-state index in [1.807, 2.05) is 43.3 Å². The second kappa shape index (κ2) is 12.8. The van der Waals surface area contributed by atoms with Crippen molar-refractivity contribution in [3.8, 4) is 16.9 Å². The molecular formula is C28H32ClN5O3. The Morgan fingerprint density at radius 3 is 2.30 bits per heavy atom. The lowest BCUT2D eigenvalue weighted by Crippen LogP contribution is -2.50. The number of carbonyl (C=O) groups excluding carboxylic acids is 2. The van der Waals surface area contributed by atoms with Crippen molar-refractivity contribution < 1.29 is 14.7 Å². The third kappa shape index (κ3) is 7.47. The number of halogens is 1. The molecule has 3 aromatic rings. The van der Waals surface area contributed by atoms with Gasteiger partial charge in [-0.2, -0.15) is 0 Å². The summed E-state index contributed by atoms with van der Waals surface area (Å²) in [4.78, 5) is 28.1. The van der Waals surface area contributed by atoms with Crippen molar-refractivity contribution >= 4 is 29.4 Å². The summed E-state index contributed by atoms with van der Waals surface area (Å²) in [7, 11) is 0. The molecule has 0 bridgehead atoms. The highest BCUT2D eigenvalue weighted by Crippen LogP contribution is 2.30. The van der Waals surface area contributed by atoms with E-state index in [1.165, 1.54) is 4.90 Å². The molecule has 7 N–H and O–H groups in total. The zero-order chi connectivity index (χ0) is 26.9. The number of guanidine groups is 1. The van der Waals surface area contributed by atoms with E-state index in [-0.39, 0.29) is 24.0 Å². The number of phenolic OH excluding ortho intramolecular Hbond substituents is 1. The Balaban J connectivity index is 1.94. The van der Waals surface area contributed by atoms with Gasteiger partial charge in [0.15, 0.2) is 5.96 Å². The molecular weight excluding hydrogens is 490 g/mol. The molecule has 0 spiro atoms. The highest BCUT2D eigenvalue weighted by Gasteiger charge is 2.33. The fourth-order valence-corrected chi connectivity index (χ4v) is 4.48. The second-order valence-corrected chi connectivity index (χ2v) is 9.25. The van der Waals surface area contributed by atoms with Gasteiger partial charge in [-0.15, -0.1) is 0 Å². The van der Waals surface area contributed by atoms with Crippen molar-refractivity contribution in [3.63, 3.8) is 0 Å². The number of aromatic hydroxyl groups is 1. The molecule has 2 atom stereocenters. The van der Waals surface area contributed by atoms with Crippen LogP contribution in [-0.4, -0.2) is 40.4 Å². The van der Waals surface area contributed by atoms with Crippen molar-refractivity contribution in [3.05, 3.63) is 88.9 Å². The molecule has 3 rings (SSSR count). The van der Waals surface area contributed by atoms with Gasteiger partial charge in [0.05, 0.1) is 12.5 Å². The Hall–Kier alpha value is -4.04. The van der Waals surface area contributed by atoms with Gasteiger partial charge in [0.25, 0.3) is 0 Å². The lowest BCUT2D eigenvalue weighted by molar-refractivity contribution is -0.141. The van der Waals surface area contributed by atoms with E-state index in [9.17, 15) is 14.7 Å². The molecule has 37 heavy (non-hydrogen) atoms. The number of carbonyl (C=O) groups is 2. The van der Waals surface area contributed by atoms with Crippen LogP contribution in [0.2, 0.25) is 5.02 Å². The zero-order valence-corrected chi connectivity index (χ0v) is 21.4. The van der Waals surface area contributed by atoms with Gasteiger partial charge in [-0.05, 0) is 66.3 Å². The Morgan fingerprint density at radius 1 is 1.03 bits per heavy atom. The van der Waals surface area contributed by atoms with Crippen LogP contribution in [-0.2, 0) is 16.0 Å². The van der Waals surface area contributed by atoms with Gasteiger partial charge >= 0.3 is 0 Å². The lowest BCUT2D eigenvalue weighted by Gasteiger charge is -2.36. The minimum Gasteiger partial charge on any atom is -0.508 e. The highest BCUT2D eigenvalue weighted by molar-refractivity contribution is 6.30. The standard InChI is InChI=1S/C28H32ClN5O3/c1-18(19-10-14-23(35)15-11-19)34(25(27(30)37)7-4-16-33-28(31)32)26(36)17-21-5-2-3-6-24(21)20-8-12-22(29)13-9-20/h2-3,5-6,8-15,18,25,35H,4,7,16-17H2,1H3,(H2,30,37)(H4,31,32,33)/t18-,25-/m1/s1. The summed E-state index contributed by atoms with van der Waals surface area (Å²) in [5, 5.41) is 20.4. The topological polar surface area (TPSA) is 146 Å². The summed E-state index contributed by atoms with van der Waals surface area (Å²) in [6, 6.07) is 20.2. The predicted octanol–water partition coefficient (Wildman–Crippen LogP) is 3.96. The summed E-state index contributed by atoms with van der Waals surface area (Å²) in [5.74, 6) is -0.939. The van der Waals surface area contributed by atoms with Gasteiger partial charge in [0.1, 0.15) is 11.8 Å². The van der Waals surface area contributed by atoms with Gasteiger partial charge in [-0.25, -0.2) is 0 Å². The molecule has 0 unspecified atom stereocenters. The first-order valence-corrected chi connectivity index (χ1v) is 12.4. The number of nitrogens with two attached hydrogens (primary N) is 2. The number of benzene rings is 3. The molecule has 0 saturated carbocycles. The molecule has 0 saturated heterocycles. The zero-order valence-electron chi connectivity index (χ0n) is 20.7. The first-order chi connectivity index (χ1) is 17.7. The summed E-state index contributed by atoms with van der Waals surface area (Å²) < 4.78 is 0. The number of nitrogens with one attached hydrogen (secondary N) is 2. The molecule has 0 aliphatic heterocycles. The molecule has 0 aromatic heterocycles. The van der Waals surface area contributed by atoms with Crippen LogP contribution >= 0.6 is 11.6 Å². The van der Waals surface area contributed by atoms with Gasteiger partial charge in [0.2, 0.25) is 11.8 Å². The van der Waals surface area contributed by atoms with Gasteiger partial charge in [-0.3, -0.25) is 15.0 Å². The van der Waals surface area contributed by atoms with Crippen molar-refractivity contribution in [1.82, 2.24) is 10.2 Å². The first-order valence-electron chi connectivity index (χ1n) is 12.0. The van der Waals surface area contributed by atoms with E-state index in [2.05, 4.69) is 5.32 Å². The Bertz CT molecular complexity index is 1230. The third-order valence-electron chi connectivity index (χ3n) is 6.23. The summed E-state index contributed by atoms with van der Waals surface area (Å²) >= 11 is 6.06. The minimum atomic E-state index is -0.882. The molecule has 0 aliphatic rings. The maximum atomic E-state index is 13.9. The van der Waals surface area contributed by atoms with Crippen molar-refractivity contribution in [1.29, 1.82) is 5.41 Å². The van der Waals surface area contributed by atoms with Crippen molar-refractivity contribution in [2.75, 3.05) is 6.54 Å². The van der Waals surface area contributed by atoms with E-state index in [0.29, 0.717) is 24.4 Å². The minimum absolute atomic E-state index is 0.0523. The number of hydrogen-bond acceptors (Lipinski definition) is 4. The summed E-state index contributed by atoms with van der Waals surface area (Å²) in [6.07, 6.45) is 0.819. The van der Waals surface area contributed by atoms with Gasteiger partial charge < -0.3 is 26.8 Å². The fourth-order valence-electron chi connectivity index (χ4n) is 4.35. The normalized spacial score (nSPS) is 12.4. The van der Waals surface area contributed by atoms with Gasteiger partial charge in [-0.1, -0.05) is 60.1 Å².